The number of rotatable bonds is 3. The summed E-state index contributed by atoms with van der Waals surface area (Å²) >= 11 is 1.55. The van der Waals surface area contributed by atoms with Crippen molar-refractivity contribution in [2.24, 2.45) is 0 Å². The summed E-state index contributed by atoms with van der Waals surface area (Å²) in [6.45, 7) is 1.08. The molecule has 0 aliphatic carbocycles. The Hall–Kier alpha value is -2.08. The summed E-state index contributed by atoms with van der Waals surface area (Å²) in [6.07, 6.45) is -0.0794. The van der Waals surface area contributed by atoms with Crippen molar-refractivity contribution in [1.82, 2.24) is 9.88 Å². The van der Waals surface area contributed by atoms with Gasteiger partial charge >= 0.3 is 6.09 Å². The number of hydrogen-bond acceptors (Lipinski definition) is 4. The lowest BCUT2D eigenvalue weighted by atomic mass is 9.90. The topological polar surface area (TPSA) is 62.7 Å². The van der Waals surface area contributed by atoms with Crippen molar-refractivity contribution in [3.63, 3.8) is 0 Å². The molecule has 2 heterocycles. The molecule has 1 aromatic carbocycles. The number of amides is 1. The van der Waals surface area contributed by atoms with Gasteiger partial charge in [0, 0.05) is 30.5 Å². The van der Waals surface area contributed by atoms with Crippen LogP contribution in [0.4, 0.5) is 4.79 Å². The molecule has 6 heteroatoms. The van der Waals surface area contributed by atoms with Crippen molar-refractivity contribution in [1.29, 1.82) is 0 Å². The summed E-state index contributed by atoms with van der Waals surface area (Å²) in [5.41, 5.74) is 4.76. The van der Waals surface area contributed by atoms with Gasteiger partial charge in [0.1, 0.15) is 5.75 Å². The van der Waals surface area contributed by atoms with Gasteiger partial charge in [-0.2, -0.15) is 0 Å². The molecule has 2 aromatic rings. The predicted molar refractivity (Wildman–Crippen MR) is 81.1 cm³/mol. The Balaban J connectivity index is 1.95. The number of likely N-dealkylation sites (N-methyl/N-ethyl adjacent to an activating group) is 1. The quantitative estimate of drug-likeness (QED) is 0.945. The molecular weight excluding hydrogens is 288 g/mol. The molecule has 0 saturated carbocycles. The minimum atomic E-state index is -0.904. The van der Waals surface area contributed by atoms with Gasteiger partial charge in [-0.25, -0.2) is 9.78 Å². The number of aromatic nitrogens is 1. The minimum Gasteiger partial charge on any atom is -0.493 e. The van der Waals surface area contributed by atoms with Crippen LogP contribution in [-0.4, -0.2) is 41.3 Å². The first kappa shape index (κ1) is 13.9. The highest BCUT2D eigenvalue weighted by molar-refractivity contribution is 7.07. The van der Waals surface area contributed by atoms with Crippen LogP contribution in [0.2, 0.25) is 0 Å². The van der Waals surface area contributed by atoms with Gasteiger partial charge in [0.05, 0.1) is 17.8 Å². The van der Waals surface area contributed by atoms with E-state index in [1.807, 2.05) is 23.6 Å². The number of nitrogens with zero attached hydrogens (tertiary/aromatic N) is 2. The second kappa shape index (κ2) is 5.73. The van der Waals surface area contributed by atoms with Crippen LogP contribution in [0.1, 0.15) is 17.9 Å². The van der Waals surface area contributed by atoms with E-state index >= 15 is 0 Å². The highest BCUT2D eigenvalue weighted by Gasteiger charge is 2.26. The molecule has 0 saturated heterocycles. The van der Waals surface area contributed by atoms with E-state index in [-0.39, 0.29) is 5.92 Å². The Bertz CT molecular complexity index is 642. The third kappa shape index (κ3) is 2.71. The Morgan fingerprint density at radius 1 is 1.57 bits per heavy atom. The van der Waals surface area contributed by atoms with Crippen LogP contribution in [-0.2, 0) is 0 Å². The van der Waals surface area contributed by atoms with Gasteiger partial charge in [0.2, 0.25) is 0 Å². The maximum Gasteiger partial charge on any atom is 0.407 e. The molecule has 1 N–H and O–H groups in total. The van der Waals surface area contributed by atoms with Crippen LogP contribution in [0.15, 0.2) is 29.1 Å². The number of carboxylic acid groups (broad SMARTS) is 1. The first-order valence-corrected chi connectivity index (χ1v) is 7.69. The lowest BCUT2D eigenvalue weighted by Crippen LogP contribution is -2.31. The molecule has 1 aromatic heterocycles. The highest BCUT2D eigenvalue weighted by Crippen LogP contribution is 2.41. The highest BCUT2D eigenvalue weighted by atomic mass is 32.1. The second-order valence-electron chi connectivity index (χ2n) is 5.09. The Morgan fingerprint density at radius 3 is 3.14 bits per heavy atom. The van der Waals surface area contributed by atoms with Gasteiger partial charge in [-0.05, 0) is 18.1 Å². The molecule has 1 atom stereocenters. The maximum atomic E-state index is 11.0. The van der Waals surface area contributed by atoms with Gasteiger partial charge in [0.25, 0.3) is 0 Å². The largest absolute Gasteiger partial charge is 0.493 e. The number of hydrogen-bond donors (Lipinski definition) is 1. The van der Waals surface area contributed by atoms with E-state index in [9.17, 15) is 4.79 Å². The molecule has 5 nitrogen and oxygen atoms in total. The molecule has 1 aliphatic heterocycles. The smallest absolute Gasteiger partial charge is 0.407 e. The third-order valence-corrected chi connectivity index (χ3v) is 4.31. The van der Waals surface area contributed by atoms with Crippen LogP contribution in [0, 0.1) is 0 Å². The summed E-state index contributed by atoms with van der Waals surface area (Å²) in [4.78, 5) is 16.7. The lowest BCUT2D eigenvalue weighted by Gasteiger charge is -2.29. The average Bonchev–Trinajstić information content (AvgIpc) is 3.01. The van der Waals surface area contributed by atoms with Gasteiger partial charge in [-0.3, -0.25) is 0 Å². The molecule has 0 radical (unpaired) electrons. The van der Waals surface area contributed by atoms with Gasteiger partial charge in [-0.1, -0.05) is 12.1 Å². The van der Waals surface area contributed by atoms with E-state index in [1.165, 1.54) is 4.90 Å². The summed E-state index contributed by atoms with van der Waals surface area (Å²) in [5, 5.41) is 11.0. The fourth-order valence-corrected chi connectivity index (χ4v) is 3.19. The van der Waals surface area contributed by atoms with Crippen LogP contribution in [0.25, 0.3) is 11.3 Å². The fourth-order valence-electron chi connectivity index (χ4n) is 2.64. The van der Waals surface area contributed by atoms with Crippen molar-refractivity contribution < 1.29 is 14.6 Å². The first-order valence-electron chi connectivity index (χ1n) is 6.75. The van der Waals surface area contributed by atoms with Crippen LogP contribution in [0.5, 0.6) is 5.75 Å². The molecule has 3 rings (SSSR count). The summed E-state index contributed by atoms with van der Waals surface area (Å²) in [7, 11) is 1.60. The maximum absolute atomic E-state index is 11.0. The second-order valence-corrected chi connectivity index (χ2v) is 5.81. The Morgan fingerprint density at radius 2 is 2.43 bits per heavy atom. The fraction of sp³-hybridized carbons (Fsp3) is 0.333. The van der Waals surface area contributed by atoms with Crippen molar-refractivity contribution in [3.8, 4) is 17.0 Å². The van der Waals surface area contributed by atoms with Gasteiger partial charge in [0.15, 0.2) is 0 Å². The molecule has 1 amide bonds. The van der Waals surface area contributed by atoms with Crippen molar-refractivity contribution in [2.45, 2.75) is 12.3 Å². The molecule has 1 unspecified atom stereocenters. The van der Waals surface area contributed by atoms with Crippen molar-refractivity contribution >= 4 is 17.4 Å². The zero-order valence-electron chi connectivity index (χ0n) is 11.7. The van der Waals surface area contributed by atoms with Gasteiger partial charge in [-0.15, -0.1) is 11.3 Å². The molecule has 110 valence electrons. The number of thiazole rings is 1. The number of benzene rings is 1. The third-order valence-electron chi connectivity index (χ3n) is 3.73. The van der Waals surface area contributed by atoms with E-state index in [0.29, 0.717) is 13.2 Å². The van der Waals surface area contributed by atoms with Crippen LogP contribution >= 0.6 is 11.3 Å². The lowest BCUT2D eigenvalue weighted by molar-refractivity contribution is 0.149. The summed E-state index contributed by atoms with van der Waals surface area (Å²) < 4.78 is 5.85. The van der Waals surface area contributed by atoms with Gasteiger partial charge < -0.3 is 14.7 Å². The molecule has 21 heavy (non-hydrogen) atoms. The molecule has 1 aliphatic rings. The zero-order valence-corrected chi connectivity index (χ0v) is 12.5. The number of carbonyl (C=O) groups is 1. The minimum absolute atomic E-state index is 0.161. The Kier molecular flexibility index (Phi) is 3.79. The summed E-state index contributed by atoms with van der Waals surface area (Å²) in [6, 6.07) is 6.00. The van der Waals surface area contributed by atoms with E-state index in [1.54, 1.807) is 23.9 Å². The monoisotopic (exact) mass is 304 g/mol. The molecule has 0 spiro atoms. The zero-order chi connectivity index (χ0) is 14.8. The van der Waals surface area contributed by atoms with Crippen molar-refractivity contribution in [2.75, 3.05) is 20.2 Å². The first-order chi connectivity index (χ1) is 10.2. The molecule has 0 bridgehead atoms. The predicted octanol–water partition coefficient (Wildman–Crippen LogP) is 3.29. The number of fused-ring (bicyclic) bond motifs is 1. The van der Waals surface area contributed by atoms with Crippen LogP contribution < -0.4 is 4.74 Å². The van der Waals surface area contributed by atoms with E-state index in [2.05, 4.69) is 4.98 Å². The van der Waals surface area contributed by atoms with E-state index in [4.69, 9.17) is 9.84 Å². The number of ether oxygens (including phenoxy) is 1. The normalized spacial score (nSPS) is 16.9. The van der Waals surface area contributed by atoms with Crippen molar-refractivity contribution in [3.05, 3.63) is 34.7 Å². The average molecular weight is 304 g/mol. The molecule has 0 fully saturated rings. The van der Waals surface area contributed by atoms with E-state index in [0.717, 1.165) is 29.0 Å². The Labute approximate surface area is 126 Å². The summed E-state index contributed by atoms with van der Waals surface area (Å²) in [5.74, 6) is 1.01. The standard InChI is InChI=1S/C15H16N2O3S/c1-17(15(18)19)7-10-5-6-20-14-11(10)3-2-4-12(14)13-8-21-9-16-13/h2-4,8-10H,5-7H2,1H3,(H,18,19). The SMILES string of the molecule is CN(CC1CCOc2c(-c3cscn3)cccc21)C(=O)O. The number of para-hydroxylation sites is 1. The molecular formula is C15H16N2O3S. The van der Waals surface area contributed by atoms with E-state index < -0.39 is 6.09 Å². The van der Waals surface area contributed by atoms with Crippen LogP contribution in [0.3, 0.4) is 0 Å².